The van der Waals surface area contributed by atoms with Crippen LogP contribution in [0.5, 0.6) is 0 Å². The van der Waals surface area contributed by atoms with E-state index in [9.17, 15) is 0 Å². The summed E-state index contributed by atoms with van der Waals surface area (Å²) in [5.74, 6) is 1.69. The number of piperidine rings is 1. The Bertz CT molecular complexity index is 327. The Morgan fingerprint density at radius 1 is 1.27 bits per heavy atom. The van der Waals surface area contributed by atoms with Crippen molar-refractivity contribution in [1.29, 1.82) is 0 Å². The molecule has 4 nitrogen and oxygen atoms in total. The first-order chi connectivity index (χ1) is 7.45. The van der Waals surface area contributed by atoms with E-state index in [0.29, 0.717) is 6.04 Å². The molecule has 4 heteroatoms. The molecule has 2 aliphatic heterocycles. The average Bonchev–Trinajstić information content (AvgIpc) is 2.78. The number of fused-ring (bicyclic) bond motifs is 1. The van der Waals surface area contributed by atoms with Crippen molar-refractivity contribution in [1.82, 2.24) is 15.3 Å². The largest absolute Gasteiger partial charge is 0.336 e. The molecule has 1 aromatic heterocycles. The molecule has 2 atom stereocenters. The Hall–Kier alpha value is -1.16. The van der Waals surface area contributed by atoms with Gasteiger partial charge in [-0.15, -0.1) is 0 Å². The zero-order valence-corrected chi connectivity index (χ0v) is 8.76. The first-order valence-electron chi connectivity index (χ1n) is 5.69. The highest BCUT2D eigenvalue weighted by atomic mass is 15.3. The standard InChI is InChI=1S/C11H16N4/c1-3-9-7-12-8-10(9)15(6-1)11-13-4-2-5-14-11/h2,4-5,9-10,12H,1,3,6-8H2. The minimum atomic E-state index is 0.612. The van der Waals surface area contributed by atoms with E-state index >= 15 is 0 Å². The van der Waals surface area contributed by atoms with E-state index in [1.807, 2.05) is 18.5 Å². The molecule has 0 amide bonds. The maximum absolute atomic E-state index is 4.35. The van der Waals surface area contributed by atoms with E-state index in [0.717, 1.165) is 31.5 Å². The predicted octanol–water partition coefficient (Wildman–Crippen LogP) is 0.665. The summed E-state index contributed by atoms with van der Waals surface area (Å²) in [6.07, 6.45) is 6.27. The van der Waals surface area contributed by atoms with Gasteiger partial charge in [0.2, 0.25) is 5.95 Å². The fourth-order valence-corrected chi connectivity index (χ4v) is 2.76. The van der Waals surface area contributed by atoms with Gasteiger partial charge in [0, 0.05) is 38.1 Å². The Labute approximate surface area is 89.7 Å². The van der Waals surface area contributed by atoms with Gasteiger partial charge in [-0.1, -0.05) is 0 Å². The van der Waals surface area contributed by atoms with Crippen molar-refractivity contribution in [2.24, 2.45) is 5.92 Å². The highest BCUT2D eigenvalue weighted by Gasteiger charge is 2.35. The van der Waals surface area contributed by atoms with Gasteiger partial charge in [-0.25, -0.2) is 9.97 Å². The number of nitrogens with zero attached hydrogens (tertiary/aromatic N) is 3. The molecule has 0 aromatic carbocycles. The Morgan fingerprint density at radius 2 is 2.13 bits per heavy atom. The van der Waals surface area contributed by atoms with Crippen LogP contribution in [0.3, 0.4) is 0 Å². The number of hydrogen-bond donors (Lipinski definition) is 1. The van der Waals surface area contributed by atoms with E-state index in [4.69, 9.17) is 0 Å². The molecule has 15 heavy (non-hydrogen) atoms. The lowest BCUT2D eigenvalue weighted by molar-refractivity contribution is 0.381. The zero-order valence-electron chi connectivity index (χ0n) is 8.76. The summed E-state index contributed by atoms with van der Waals surface area (Å²) in [4.78, 5) is 11.1. The topological polar surface area (TPSA) is 41.1 Å². The van der Waals surface area contributed by atoms with Crippen molar-refractivity contribution in [3.63, 3.8) is 0 Å². The molecule has 1 N–H and O–H groups in total. The van der Waals surface area contributed by atoms with Crippen molar-refractivity contribution < 1.29 is 0 Å². The summed E-state index contributed by atoms with van der Waals surface area (Å²) < 4.78 is 0. The first kappa shape index (κ1) is 9.09. The Morgan fingerprint density at radius 3 is 3.00 bits per heavy atom. The summed E-state index contributed by atoms with van der Waals surface area (Å²) in [6, 6.07) is 2.49. The van der Waals surface area contributed by atoms with E-state index < -0.39 is 0 Å². The Balaban J connectivity index is 1.85. The van der Waals surface area contributed by atoms with Gasteiger partial charge in [0.05, 0.1) is 0 Å². The fraction of sp³-hybridized carbons (Fsp3) is 0.636. The van der Waals surface area contributed by atoms with Gasteiger partial charge in [0.15, 0.2) is 0 Å². The van der Waals surface area contributed by atoms with Crippen LogP contribution in [0.2, 0.25) is 0 Å². The van der Waals surface area contributed by atoms with Crippen molar-refractivity contribution in [3.8, 4) is 0 Å². The van der Waals surface area contributed by atoms with Crippen molar-refractivity contribution in [3.05, 3.63) is 18.5 Å². The van der Waals surface area contributed by atoms with Gasteiger partial charge in [-0.2, -0.15) is 0 Å². The van der Waals surface area contributed by atoms with E-state index in [1.165, 1.54) is 12.8 Å². The molecule has 0 bridgehead atoms. The highest BCUT2D eigenvalue weighted by molar-refractivity contribution is 5.33. The third-order valence-corrected chi connectivity index (χ3v) is 3.49. The third kappa shape index (κ3) is 1.59. The highest BCUT2D eigenvalue weighted by Crippen LogP contribution is 2.28. The van der Waals surface area contributed by atoms with E-state index in [1.54, 1.807) is 0 Å². The van der Waals surface area contributed by atoms with Crippen LogP contribution in [-0.4, -0.2) is 35.6 Å². The number of anilines is 1. The molecule has 3 rings (SSSR count). The summed E-state index contributed by atoms with van der Waals surface area (Å²) in [7, 11) is 0. The number of aromatic nitrogens is 2. The first-order valence-corrected chi connectivity index (χ1v) is 5.69. The van der Waals surface area contributed by atoms with Crippen molar-refractivity contribution >= 4 is 5.95 Å². The number of hydrogen-bond acceptors (Lipinski definition) is 4. The van der Waals surface area contributed by atoms with Crippen LogP contribution in [0, 0.1) is 5.92 Å². The van der Waals surface area contributed by atoms with Crippen LogP contribution in [0.4, 0.5) is 5.95 Å². The molecule has 80 valence electrons. The summed E-state index contributed by atoms with van der Waals surface area (Å²) in [6.45, 7) is 3.35. The molecule has 2 saturated heterocycles. The van der Waals surface area contributed by atoms with Gasteiger partial charge in [0.25, 0.3) is 0 Å². The summed E-state index contributed by atoms with van der Waals surface area (Å²) in [5, 5.41) is 3.47. The lowest BCUT2D eigenvalue weighted by Gasteiger charge is -2.36. The zero-order chi connectivity index (χ0) is 10.1. The second kappa shape index (κ2) is 3.77. The minimum Gasteiger partial charge on any atom is -0.336 e. The lowest BCUT2D eigenvalue weighted by Crippen LogP contribution is -2.46. The van der Waals surface area contributed by atoms with Crippen LogP contribution in [-0.2, 0) is 0 Å². The molecular formula is C11H16N4. The normalized spacial score (nSPS) is 30.3. The van der Waals surface area contributed by atoms with Crippen molar-refractivity contribution in [2.75, 3.05) is 24.5 Å². The third-order valence-electron chi connectivity index (χ3n) is 3.49. The number of nitrogens with one attached hydrogen (secondary N) is 1. The predicted molar refractivity (Wildman–Crippen MR) is 58.8 cm³/mol. The lowest BCUT2D eigenvalue weighted by atomic mass is 9.92. The number of rotatable bonds is 1. The second-order valence-electron chi connectivity index (χ2n) is 4.37. The molecule has 1 aromatic rings. The second-order valence-corrected chi connectivity index (χ2v) is 4.37. The van der Waals surface area contributed by atoms with Gasteiger partial charge >= 0.3 is 0 Å². The average molecular weight is 204 g/mol. The van der Waals surface area contributed by atoms with Crippen LogP contribution >= 0.6 is 0 Å². The fourth-order valence-electron chi connectivity index (χ4n) is 2.76. The van der Waals surface area contributed by atoms with Crippen LogP contribution in [0.1, 0.15) is 12.8 Å². The molecule has 2 fully saturated rings. The SMILES string of the molecule is c1cnc(N2CCCC3CNCC32)nc1. The summed E-state index contributed by atoms with van der Waals surface area (Å²) >= 11 is 0. The molecule has 2 aliphatic rings. The van der Waals surface area contributed by atoms with Gasteiger partial charge in [0.1, 0.15) is 0 Å². The quantitative estimate of drug-likeness (QED) is 0.730. The van der Waals surface area contributed by atoms with E-state index in [-0.39, 0.29) is 0 Å². The molecule has 3 heterocycles. The van der Waals surface area contributed by atoms with Crippen LogP contribution in [0.15, 0.2) is 18.5 Å². The van der Waals surface area contributed by atoms with Gasteiger partial charge in [-0.3, -0.25) is 0 Å². The smallest absolute Gasteiger partial charge is 0.225 e. The monoisotopic (exact) mass is 204 g/mol. The molecule has 0 radical (unpaired) electrons. The van der Waals surface area contributed by atoms with E-state index in [2.05, 4.69) is 20.2 Å². The minimum absolute atomic E-state index is 0.612. The van der Waals surface area contributed by atoms with Gasteiger partial charge in [-0.05, 0) is 24.8 Å². The van der Waals surface area contributed by atoms with Crippen LogP contribution in [0.25, 0.3) is 0 Å². The molecular weight excluding hydrogens is 188 g/mol. The van der Waals surface area contributed by atoms with Crippen molar-refractivity contribution in [2.45, 2.75) is 18.9 Å². The summed E-state index contributed by atoms with van der Waals surface area (Å²) in [5.41, 5.74) is 0. The molecule has 2 unspecified atom stereocenters. The molecule has 0 aliphatic carbocycles. The maximum Gasteiger partial charge on any atom is 0.225 e. The Kier molecular flexibility index (Phi) is 2.29. The maximum atomic E-state index is 4.35. The molecule has 0 saturated carbocycles. The van der Waals surface area contributed by atoms with Crippen LogP contribution < -0.4 is 10.2 Å². The molecule has 0 spiro atoms. The van der Waals surface area contributed by atoms with Gasteiger partial charge < -0.3 is 10.2 Å².